The lowest BCUT2D eigenvalue weighted by molar-refractivity contribution is 0.398. The molecule has 0 saturated heterocycles. The lowest BCUT2D eigenvalue weighted by Crippen LogP contribution is -1.98. The van der Waals surface area contributed by atoms with Crippen LogP contribution in [0, 0.1) is 0 Å². The van der Waals surface area contributed by atoms with Crippen molar-refractivity contribution in [1.82, 2.24) is 0 Å². The molecule has 0 spiro atoms. The minimum absolute atomic E-state index is 0.521. The highest BCUT2D eigenvalue weighted by molar-refractivity contribution is 7.58. The predicted molar refractivity (Wildman–Crippen MR) is 81.2 cm³/mol. The van der Waals surface area contributed by atoms with Gasteiger partial charge in [0.25, 0.3) is 0 Å². The molecule has 4 heteroatoms. The number of hydrogen-bond acceptors (Lipinski definition) is 3. The molecule has 0 N–H and O–H groups in total. The number of para-hydroxylation sites is 2. The van der Waals surface area contributed by atoms with Crippen molar-refractivity contribution in [1.29, 1.82) is 0 Å². The Balaban J connectivity index is 2.21. The van der Waals surface area contributed by atoms with Crippen molar-refractivity contribution in [3.05, 3.63) is 72.6 Å². The normalized spacial score (nSPS) is 11.4. The first kappa shape index (κ1) is 14.4. The second kappa shape index (κ2) is 6.97. The van der Waals surface area contributed by atoms with Gasteiger partial charge in [-0.3, -0.25) is 0 Å². The highest BCUT2D eigenvalue weighted by Gasteiger charge is 2.24. The molecule has 0 radical (unpaired) electrons. The fourth-order valence-electron chi connectivity index (χ4n) is 1.57. The van der Waals surface area contributed by atoms with Gasteiger partial charge in [-0.25, -0.2) is 4.57 Å². The first-order valence-corrected chi connectivity index (χ1v) is 8.10. The molecule has 0 aliphatic heterocycles. The van der Waals surface area contributed by atoms with E-state index in [1.54, 1.807) is 30.3 Å². The summed E-state index contributed by atoms with van der Waals surface area (Å²) in [5.74, 6) is 2.55. The third-order valence-corrected chi connectivity index (χ3v) is 3.98. The van der Waals surface area contributed by atoms with Crippen LogP contribution in [-0.4, -0.2) is 0 Å². The third-order valence-electron chi connectivity index (χ3n) is 2.48. The Hall–Kier alpha value is -1.99. The molecular weight excluding hydrogens is 271 g/mol. The molecule has 2 aromatic carbocycles. The summed E-state index contributed by atoms with van der Waals surface area (Å²) >= 11 is 0. The second-order valence-corrected chi connectivity index (χ2v) is 5.88. The fraction of sp³-hybridized carbons (Fsp3) is 0.125. The molecule has 0 aliphatic carbocycles. The minimum Gasteiger partial charge on any atom is -0.413 e. The monoisotopic (exact) mass is 288 g/mol. The van der Waals surface area contributed by atoms with Crippen molar-refractivity contribution in [2.75, 3.05) is 0 Å². The molecule has 0 saturated carbocycles. The standard InChI is InChI=1S/C16H17O3P/c1-2-3-14-20(17,18-15-10-6-4-7-11-15)19-16-12-8-5-9-13-16/h3-14H,2H2,1H3. The molecule has 0 heterocycles. The van der Waals surface area contributed by atoms with Crippen LogP contribution in [0.3, 0.4) is 0 Å². The van der Waals surface area contributed by atoms with Crippen LogP contribution in [0.25, 0.3) is 0 Å². The van der Waals surface area contributed by atoms with Gasteiger partial charge in [0.15, 0.2) is 0 Å². The lowest BCUT2D eigenvalue weighted by atomic mass is 10.3. The van der Waals surface area contributed by atoms with Crippen molar-refractivity contribution >= 4 is 7.60 Å². The maximum absolute atomic E-state index is 12.8. The Bertz CT molecular complexity index is 548. The van der Waals surface area contributed by atoms with Crippen LogP contribution in [0.15, 0.2) is 72.6 Å². The van der Waals surface area contributed by atoms with E-state index >= 15 is 0 Å². The summed E-state index contributed by atoms with van der Waals surface area (Å²) in [6.07, 6.45) is 2.55. The topological polar surface area (TPSA) is 35.5 Å². The summed E-state index contributed by atoms with van der Waals surface area (Å²) in [7, 11) is -3.36. The van der Waals surface area contributed by atoms with Crippen LogP contribution < -0.4 is 9.05 Å². The van der Waals surface area contributed by atoms with Gasteiger partial charge in [-0.1, -0.05) is 49.4 Å². The van der Waals surface area contributed by atoms with Crippen molar-refractivity contribution in [2.24, 2.45) is 0 Å². The highest BCUT2D eigenvalue weighted by atomic mass is 31.2. The van der Waals surface area contributed by atoms with Gasteiger partial charge in [-0.05, 0) is 30.7 Å². The molecule has 0 amide bonds. The van der Waals surface area contributed by atoms with E-state index in [1.807, 2.05) is 43.3 Å². The zero-order valence-electron chi connectivity index (χ0n) is 11.3. The molecule has 0 aromatic heterocycles. The summed E-state index contributed by atoms with van der Waals surface area (Å²) in [6, 6.07) is 18.0. The summed E-state index contributed by atoms with van der Waals surface area (Å²) < 4.78 is 23.9. The van der Waals surface area contributed by atoms with Crippen LogP contribution in [-0.2, 0) is 4.57 Å². The van der Waals surface area contributed by atoms with E-state index in [0.717, 1.165) is 6.42 Å². The zero-order valence-corrected chi connectivity index (χ0v) is 12.2. The lowest BCUT2D eigenvalue weighted by Gasteiger charge is -2.17. The Labute approximate surface area is 119 Å². The van der Waals surface area contributed by atoms with Crippen molar-refractivity contribution in [3.63, 3.8) is 0 Å². The smallest absolute Gasteiger partial charge is 0.413 e. The first-order valence-electron chi connectivity index (χ1n) is 6.48. The molecule has 3 nitrogen and oxygen atoms in total. The molecular formula is C16H17O3P. The SMILES string of the molecule is CCC=CP(=O)(Oc1ccccc1)Oc1ccccc1. The van der Waals surface area contributed by atoms with Crippen LogP contribution in [0.5, 0.6) is 11.5 Å². The van der Waals surface area contributed by atoms with Gasteiger partial charge in [0, 0.05) is 5.82 Å². The molecule has 0 aliphatic rings. The van der Waals surface area contributed by atoms with Crippen molar-refractivity contribution in [3.8, 4) is 11.5 Å². The molecule has 20 heavy (non-hydrogen) atoms. The van der Waals surface area contributed by atoms with Crippen molar-refractivity contribution < 1.29 is 13.6 Å². The molecule has 0 bridgehead atoms. The van der Waals surface area contributed by atoms with E-state index in [9.17, 15) is 4.57 Å². The molecule has 0 atom stereocenters. The van der Waals surface area contributed by atoms with Gasteiger partial charge in [0.1, 0.15) is 11.5 Å². The van der Waals surface area contributed by atoms with Gasteiger partial charge in [0.2, 0.25) is 0 Å². The van der Waals surface area contributed by atoms with E-state index in [4.69, 9.17) is 9.05 Å². The number of benzene rings is 2. The largest absolute Gasteiger partial charge is 0.455 e. The van der Waals surface area contributed by atoms with E-state index < -0.39 is 7.60 Å². The number of allylic oxidation sites excluding steroid dienone is 1. The average molecular weight is 288 g/mol. The zero-order chi connectivity index (χ0) is 14.3. The quantitative estimate of drug-likeness (QED) is 0.680. The summed E-state index contributed by atoms with van der Waals surface area (Å²) in [5, 5.41) is 0. The predicted octanol–water partition coefficient (Wildman–Crippen LogP) is 5.26. The number of hydrogen-bond donors (Lipinski definition) is 0. The van der Waals surface area contributed by atoms with Gasteiger partial charge >= 0.3 is 7.60 Å². The van der Waals surface area contributed by atoms with Gasteiger partial charge in [-0.15, -0.1) is 0 Å². The Kier molecular flexibility index (Phi) is 5.03. The molecule has 104 valence electrons. The van der Waals surface area contributed by atoms with E-state index in [1.165, 1.54) is 5.82 Å². The second-order valence-electron chi connectivity index (χ2n) is 4.14. The van der Waals surface area contributed by atoms with Crippen LogP contribution >= 0.6 is 7.60 Å². The number of rotatable bonds is 6. The van der Waals surface area contributed by atoms with Crippen molar-refractivity contribution in [2.45, 2.75) is 13.3 Å². The Morgan fingerprint density at radius 3 is 1.75 bits per heavy atom. The Morgan fingerprint density at radius 2 is 1.35 bits per heavy atom. The first-order chi connectivity index (χ1) is 9.72. The molecule has 2 aromatic rings. The minimum atomic E-state index is -3.36. The Morgan fingerprint density at radius 1 is 0.900 bits per heavy atom. The van der Waals surface area contributed by atoms with E-state index in [2.05, 4.69) is 0 Å². The average Bonchev–Trinajstić information content (AvgIpc) is 2.47. The van der Waals surface area contributed by atoms with Crippen LogP contribution in [0.4, 0.5) is 0 Å². The maximum atomic E-state index is 12.8. The highest BCUT2D eigenvalue weighted by Crippen LogP contribution is 2.49. The molecule has 0 fully saturated rings. The van der Waals surface area contributed by atoms with Crippen LogP contribution in [0.1, 0.15) is 13.3 Å². The van der Waals surface area contributed by atoms with Gasteiger partial charge in [0.05, 0.1) is 0 Å². The van der Waals surface area contributed by atoms with Crippen LogP contribution in [0.2, 0.25) is 0 Å². The maximum Gasteiger partial charge on any atom is 0.455 e. The summed E-state index contributed by atoms with van der Waals surface area (Å²) in [6.45, 7) is 1.96. The third kappa shape index (κ3) is 4.29. The molecule has 2 rings (SSSR count). The molecule has 0 unspecified atom stereocenters. The summed E-state index contributed by atoms with van der Waals surface area (Å²) in [4.78, 5) is 0. The van der Waals surface area contributed by atoms with Gasteiger partial charge in [-0.2, -0.15) is 0 Å². The van der Waals surface area contributed by atoms with Gasteiger partial charge < -0.3 is 9.05 Å². The summed E-state index contributed by atoms with van der Waals surface area (Å²) in [5.41, 5.74) is 0. The fourth-order valence-corrected chi connectivity index (χ4v) is 3.03. The van der Waals surface area contributed by atoms with E-state index in [-0.39, 0.29) is 0 Å². The van der Waals surface area contributed by atoms with E-state index in [0.29, 0.717) is 11.5 Å².